The van der Waals surface area contributed by atoms with Crippen LogP contribution in [-0.2, 0) is 9.84 Å². The van der Waals surface area contributed by atoms with E-state index in [2.05, 4.69) is 0 Å². The number of furan rings is 1. The summed E-state index contributed by atoms with van der Waals surface area (Å²) in [7, 11) is -1.55. The Kier molecular flexibility index (Phi) is 4.34. The quantitative estimate of drug-likeness (QED) is 0.607. The summed E-state index contributed by atoms with van der Waals surface area (Å²) in [5.41, 5.74) is 0.411. The molecular formula is C16H16N2O6S. The van der Waals surface area contributed by atoms with Crippen LogP contribution in [0.4, 0.5) is 5.69 Å². The molecule has 0 bridgehead atoms. The molecule has 2 heterocycles. The molecule has 3 rings (SSSR count). The average molecular weight is 364 g/mol. The molecule has 0 saturated carbocycles. The number of nitro benzene ring substituents is 1. The van der Waals surface area contributed by atoms with Crippen LogP contribution < -0.4 is 0 Å². The van der Waals surface area contributed by atoms with E-state index in [1.807, 2.05) is 0 Å². The van der Waals surface area contributed by atoms with Crippen LogP contribution in [0.15, 0.2) is 40.8 Å². The van der Waals surface area contributed by atoms with Crippen molar-refractivity contribution >= 4 is 21.4 Å². The summed E-state index contributed by atoms with van der Waals surface area (Å²) in [6, 6.07) is 8.58. The number of rotatable bonds is 4. The minimum Gasteiger partial charge on any atom is -0.451 e. The molecule has 8 nitrogen and oxygen atoms in total. The summed E-state index contributed by atoms with van der Waals surface area (Å²) in [5.74, 6) is 0.00615. The Hall–Kier alpha value is -2.68. The van der Waals surface area contributed by atoms with Gasteiger partial charge in [-0.15, -0.1) is 0 Å². The van der Waals surface area contributed by atoms with E-state index in [9.17, 15) is 23.3 Å². The van der Waals surface area contributed by atoms with Crippen molar-refractivity contribution in [3.63, 3.8) is 0 Å². The van der Waals surface area contributed by atoms with Crippen molar-refractivity contribution in [2.75, 3.05) is 18.6 Å². The molecule has 1 amide bonds. The summed E-state index contributed by atoms with van der Waals surface area (Å²) in [6.07, 6.45) is 0.406. The number of hydrogen-bond acceptors (Lipinski definition) is 6. The summed E-state index contributed by atoms with van der Waals surface area (Å²) in [5, 5.41) is 10.9. The van der Waals surface area contributed by atoms with Crippen LogP contribution in [0.1, 0.15) is 17.0 Å². The van der Waals surface area contributed by atoms with Gasteiger partial charge < -0.3 is 9.32 Å². The molecule has 1 aliphatic heterocycles. The molecule has 2 aromatic rings. The normalized spacial score (nSPS) is 18.8. The molecule has 25 heavy (non-hydrogen) atoms. The molecule has 0 radical (unpaired) electrons. The molecule has 0 unspecified atom stereocenters. The van der Waals surface area contributed by atoms with Crippen LogP contribution in [0.5, 0.6) is 0 Å². The number of carbonyl (C=O) groups excluding carboxylic acids is 1. The lowest BCUT2D eigenvalue weighted by Crippen LogP contribution is -2.37. The summed E-state index contributed by atoms with van der Waals surface area (Å²) in [6.45, 7) is 0. The second-order valence-electron chi connectivity index (χ2n) is 5.94. The Labute approximate surface area is 144 Å². The first kappa shape index (κ1) is 17.2. The SMILES string of the molecule is CN(C(=O)c1ccc(-c2cccc([N+](=O)[O-])c2)o1)[C@@H]1CCS(=O)(=O)C1. The average Bonchev–Trinajstić information content (AvgIpc) is 3.20. The van der Waals surface area contributed by atoms with E-state index in [4.69, 9.17) is 4.42 Å². The van der Waals surface area contributed by atoms with Gasteiger partial charge in [-0.25, -0.2) is 8.42 Å². The highest BCUT2D eigenvalue weighted by atomic mass is 32.2. The van der Waals surface area contributed by atoms with Gasteiger partial charge in [-0.3, -0.25) is 14.9 Å². The van der Waals surface area contributed by atoms with Gasteiger partial charge in [0.25, 0.3) is 11.6 Å². The van der Waals surface area contributed by atoms with Crippen LogP contribution in [0.2, 0.25) is 0 Å². The summed E-state index contributed by atoms with van der Waals surface area (Å²) < 4.78 is 28.7. The Morgan fingerprint density at radius 3 is 2.72 bits per heavy atom. The Balaban J connectivity index is 1.80. The molecule has 132 valence electrons. The minimum atomic E-state index is -3.10. The number of nitrogens with zero attached hydrogens (tertiary/aromatic N) is 2. The fourth-order valence-electron chi connectivity index (χ4n) is 2.80. The molecular weight excluding hydrogens is 348 g/mol. The van der Waals surface area contributed by atoms with Crippen LogP contribution in [0.25, 0.3) is 11.3 Å². The third-order valence-electron chi connectivity index (χ3n) is 4.23. The molecule has 1 saturated heterocycles. The first-order chi connectivity index (χ1) is 11.8. The van der Waals surface area contributed by atoms with E-state index in [0.29, 0.717) is 17.7 Å². The maximum Gasteiger partial charge on any atom is 0.289 e. The third kappa shape index (κ3) is 3.55. The minimum absolute atomic E-state index is 0.0479. The van der Waals surface area contributed by atoms with Crippen LogP contribution in [-0.4, -0.2) is 48.7 Å². The molecule has 1 atom stereocenters. The Morgan fingerprint density at radius 1 is 1.32 bits per heavy atom. The van der Waals surface area contributed by atoms with Crippen molar-refractivity contribution in [2.24, 2.45) is 0 Å². The lowest BCUT2D eigenvalue weighted by Gasteiger charge is -2.22. The second kappa shape index (κ2) is 6.32. The molecule has 0 N–H and O–H groups in total. The zero-order valence-electron chi connectivity index (χ0n) is 13.4. The van der Waals surface area contributed by atoms with Gasteiger partial charge in [-0.1, -0.05) is 12.1 Å². The first-order valence-corrected chi connectivity index (χ1v) is 9.41. The highest BCUT2D eigenvalue weighted by molar-refractivity contribution is 7.91. The van der Waals surface area contributed by atoms with Crippen LogP contribution in [0, 0.1) is 10.1 Å². The number of carbonyl (C=O) groups is 1. The van der Waals surface area contributed by atoms with Gasteiger partial charge >= 0.3 is 0 Å². The summed E-state index contributed by atoms with van der Waals surface area (Å²) in [4.78, 5) is 24.2. The largest absolute Gasteiger partial charge is 0.451 e. The molecule has 1 aliphatic rings. The zero-order chi connectivity index (χ0) is 18.2. The van der Waals surface area contributed by atoms with Gasteiger partial charge in [-0.05, 0) is 18.6 Å². The standard InChI is InChI=1S/C16H16N2O6S/c1-17(13-7-8-25(22,23)10-13)16(19)15-6-5-14(24-15)11-3-2-4-12(9-11)18(20)21/h2-6,9,13H,7-8,10H2,1H3/t13-/m1/s1. The van der Waals surface area contributed by atoms with Crippen molar-refractivity contribution < 1.29 is 22.6 Å². The lowest BCUT2D eigenvalue weighted by atomic mass is 10.1. The predicted octanol–water partition coefficient (Wildman–Crippen LogP) is 2.11. The maximum absolute atomic E-state index is 12.5. The van der Waals surface area contributed by atoms with Crippen LogP contribution >= 0.6 is 0 Å². The van der Waals surface area contributed by atoms with E-state index in [1.54, 1.807) is 19.2 Å². The van der Waals surface area contributed by atoms with Crippen molar-refractivity contribution in [1.82, 2.24) is 4.90 Å². The summed E-state index contributed by atoms with van der Waals surface area (Å²) >= 11 is 0. The molecule has 1 fully saturated rings. The van der Waals surface area contributed by atoms with Crippen molar-refractivity contribution in [3.05, 3.63) is 52.3 Å². The highest BCUT2D eigenvalue weighted by Crippen LogP contribution is 2.27. The molecule has 9 heteroatoms. The lowest BCUT2D eigenvalue weighted by molar-refractivity contribution is -0.384. The third-order valence-corrected chi connectivity index (χ3v) is 5.99. The van der Waals surface area contributed by atoms with E-state index < -0.39 is 20.7 Å². The number of amides is 1. The molecule has 1 aromatic carbocycles. The predicted molar refractivity (Wildman–Crippen MR) is 90.0 cm³/mol. The van der Waals surface area contributed by atoms with Gasteiger partial charge in [0.1, 0.15) is 5.76 Å². The molecule has 1 aromatic heterocycles. The smallest absolute Gasteiger partial charge is 0.289 e. The highest BCUT2D eigenvalue weighted by Gasteiger charge is 2.33. The van der Waals surface area contributed by atoms with Crippen LogP contribution in [0.3, 0.4) is 0 Å². The van der Waals surface area contributed by atoms with Crippen molar-refractivity contribution in [3.8, 4) is 11.3 Å². The fourth-order valence-corrected chi connectivity index (χ4v) is 4.58. The van der Waals surface area contributed by atoms with Gasteiger partial charge in [0, 0.05) is 30.8 Å². The van der Waals surface area contributed by atoms with Gasteiger partial charge in [0.2, 0.25) is 0 Å². The molecule has 0 spiro atoms. The number of benzene rings is 1. The zero-order valence-corrected chi connectivity index (χ0v) is 14.2. The van der Waals surface area contributed by atoms with Crippen molar-refractivity contribution in [1.29, 1.82) is 0 Å². The Morgan fingerprint density at radius 2 is 2.08 bits per heavy atom. The topological polar surface area (TPSA) is 111 Å². The number of sulfone groups is 1. The monoisotopic (exact) mass is 364 g/mol. The maximum atomic E-state index is 12.5. The molecule has 0 aliphatic carbocycles. The number of nitro groups is 1. The van der Waals surface area contributed by atoms with E-state index in [0.717, 1.165) is 0 Å². The number of hydrogen-bond donors (Lipinski definition) is 0. The van der Waals surface area contributed by atoms with Gasteiger partial charge in [0.15, 0.2) is 15.6 Å². The van der Waals surface area contributed by atoms with Gasteiger partial charge in [-0.2, -0.15) is 0 Å². The Bertz CT molecular complexity index is 934. The van der Waals surface area contributed by atoms with E-state index in [-0.39, 0.29) is 29.0 Å². The fraction of sp³-hybridized carbons (Fsp3) is 0.312. The van der Waals surface area contributed by atoms with E-state index in [1.165, 1.54) is 29.2 Å². The van der Waals surface area contributed by atoms with E-state index >= 15 is 0 Å². The number of non-ortho nitro benzene ring substituents is 1. The van der Waals surface area contributed by atoms with Gasteiger partial charge in [0.05, 0.1) is 16.4 Å². The van der Waals surface area contributed by atoms with Crippen molar-refractivity contribution in [2.45, 2.75) is 12.5 Å². The first-order valence-electron chi connectivity index (χ1n) is 7.59. The second-order valence-corrected chi connectivity index (χ2v) is 8.17.